The number of fused-ring (bicyclic) bond motifs is 1. The minimum atomic E-state index is -0.776. The van der Waals surface area contributed by atoms with E-state index in [1.807, 2.05) is 0 Å². The van der Waals surface area contributed by atoms with Gasteiger partial charge in [0.15, 0.2) is 0 Å². The summed E-state index contributed by atoms with van der Waals surface area (Å²) in [6.07, 6.45) is 0.936. The van der Waals surface area contributed by atoms with Crippen molar-refractivity contribution in [1.82, 2.24) is 15.2 Å². The predicted octanol–water partition coefficient (Wildman–Crippen LogP) is 2.85. The van der Waals surface area contributed by atoms with E-state index in [0.717, 1.165) is 16.5 Å². The molecule has 162 valence electrons. The van der Waals surface area contributed by atoms with E-state index in [4.69, 9.17) is 11.6 Å². The van der Waals surface area contributed by atoms with Gasteiger partial charge in [0.2, 0.25) is 5.91 Å². The monoisotopic (exact) mass is 441 g/mol. The van der Waals surface area contributed by atoms with Crippen molar-refractivity contribution in [3.63, 3.8) is 0 Å². The van der Waals surface area contributed by atoms with Gasteiger partial charge in [0, 0.05) is 35.4 Å². The van der Waals surface area contributed by atoms with Crippen LogP contribution in [0.25, 0.3) is 10.9 Å². The molecule has 7 nitrogen and oxygen atoms in total. The van der Waals surface area contributed by atoms with Crippen LogP contribution in [0.1, 0.15) is 28.9 Å². The number of hydrogen-bond donors (Lipinski definition) is 4. The summed E-state index contributed by atoms with van der Waals surface area (Å²) in [6.45, 7) is 0.902. The predicted molar refractivity (Wildman–Crippen MR) is 118 cm³/mol. The van der Waals surface area contributed by atoms with Gasteiger partial charge in [-0.3, -0.25) is 9.59 Å². The van der Waals surface area contributed by atoms with Crippen LogP contribution in [0, 0.1) is 0 Å². The molecule has 3 aromatic rings. The Bertz CT molecular complexity index is 1090. The number of likely N-dealkylation sites (tertiary alicyclic amines) is 1. The number of aliphatic hydroxyl groups excluding tert-OH is 1. The molecule has 2 aromatic carbocycles. The van der Waals surface area contributed by atoms with E-state index in [1.165, 1.54) is 0 Å². The first-order valence-corrected chi connectivity index (χ1v) is 10.6. The van der Waals surface area contributed by atoms with Crippen molar-refractivity contribution in [2.45, 2.75) is 31.4 Å². The standard InChI is InChI=1S/C23H24ClN3O4/c24-16-3-6-19-15(12-16)13-20(25-19)22(30)26-21(11-14-1-4-17(28)5-2-14)23(31)27-9-7-18(29)8-10-27/h1-6,12-13,18,21,25,28-29H,7-11H2,(H,26,30)/t21-/m0/s1. The zero-order chi connectivity index (χ0) is 22.0. The van der Waals surface area contributed by atoms with Crippen LogP contribution in [0.3, 0.4) is 0 Å². The van der Waals surface area contributed by atoms with Crippen molar-refractivity contribution in [3.8, 4) is 5.75 Å². The number of benzene rings is 2. The summed E-state index contributed by atoms with van der Waals surface area (Å²) in [5.41, 5.74) is 1.94. The molecule has 0 bridgehead atoms. The maximum atomic E-state index is 13.2. The molecule has 0 aliphatic carbocycles. The van der Waals surface area contributed by atoms with E-state index in [-0.39, 0.29) is 24.0 Å². The van der Waals surface area contributed by atoms with Gasteiger partial charge in [0.1, 0.15) is 17.5 Å². The molecule has 1 fully saturated rings. The molecule has 1 aliphatic rings. The summed E-state index contributed by atoms with van der Waals surface area (Å²) in [5.74, 6) is -0.439. The van der Waals surface area contributed by atoms with Crippen LogP contribution in [-0.4, -0.2) is 57.1 Å². The maximum Gasteiger partial charge on any atom is 0.268 e. The minimum Gasteiger partial charge on any atom is -0.508 e. The molecule has 8 heteroatoms. The minimum absolute atomic E-state index is 0.136. The number of phenolic OH excluding ortho intramolecular Hbond substituents is 1. The number of aromatic hydroxyl groups is 1. The van der Waals surface area contributed by atoms with Crippen LogP contribution in [0.4, 0.5) is 0 Å². The third kappa shape index (κ3) is 5.00. The van der Waals surface area contributed by atoms with Gasteiger partial charge >= 0.3 is 0 Å². The van der Waals surface area contributed by atoms with Gasteiger partial charge in [-0.1, -0.05) is 23.7 Å². The molecule has 1 saturated heterocycles. The zero-order valence-corrected chi connectivity index (χ0v) is 17.6. The molecule has 1 aromatic heterocycles. The summed E-state index contributed by atoms with van der Waals surface area (Å²) >= 11 is 6.03. The summed E-state index contributed by atoms with van der Waals surface area (Å²) in [7, 11) is 0. The van der Waals surface area contributed by atoms with Gasteiger partial charge in [-0.2, -0.15) is 0 Å². The number of amides is 2. The van der Waals surface area contributed by atoms with Gasteiger partial charge in [-0.15, -0.1) is 0 Å². The summed E-state index contributed by atoms with van der Waals surface area (Å²) in [4.78, 5) is 30.9. The van der Waals surface area contributed by atoms with Crippen LogP contribution >= 0.6 is 11.6 Å². The summed E-state index contributed by atoms with van der Waals surface area (Å²) in [5, 5.41) is 23.5. The number of aromatic nitrogens is 1. The fourth-order valence-electron chi connectivity index (χ4n) is 3.84. The molecular formula is C23H24ClN3O4. The van der Waals surface area contributed by atoms with E-state index in [9.17, 15) is 19.8 Å². The number of aliphatic hydroxyl groups is 1. The van der Waals surface area contributed by atoms with Gasteiger partial charge in [-0.05, 0) is 54.8 Å². The molecular weight excluding hydrogens is 418 g/mol. The number of piperidine rings is 1. The number of carbonyl (C=O) groups is 2. The number of halogens is 1. The Labute approximate surface area is 184 Å². The number of aromatic amines is 1. The van der Waals surface area contributed by atoms with Crippen molar-refractivity contribution in [1.29, 1.82) is 0 Å². The Hall–Kier alpha value is -3.03. The van der Waals surface area contributed by atoms with Gasteiger partial charge in [0.25, 0.3) is 5.91 Å². The Balaban J connectivity index is 1.55. The van der Waals surface area contributed by atoms with E-state index < -0.39 is 12.1 Å². The lowest BCUT2D eigenvalue weighted by molar-refractivity contribution is -0.135. The van der Waals surface area contributed by atoms with E-state index in [0.29, 0.717) is 36.6 Å². The first-order valence-electron chi connectivity index (χ1n) is 10.2. The third-order valence-electron chi connectivity index (χ3n) is 5.58. The Morgan fingerprint density at radius 1 is 1.13 bits per heavy atom. The molecule has 0 unspecified atom stereocenters. The van der Waals surface area contributed by atoms with Crippen molar-refractivity contribution in [2.75, 3.05) is 13.1 Å². The number of H-pyrrole nitrogens is 1. The molecule has 0 spiro atoms. The second-order valence-corrected chi connectivity index (χ2v) is 8.30. The van der Waals surface area contributed by atoms with Crippen LogP contribution in [0.2, 0.25) is 5.02 Å². The largest absolute Gasteiger partial charge is 0.508 e. The van der Waals surface area contributed by atoms with Crippen molar-refractivity contribution >= 4 is 34.3 Å². The smallest absolute Gasteiger partial charge is 0.268 e. The SMILES string of the molecule is O=C(N[C@@H](Cc1ccc(O)cc1)C(=O)N1CCC(O)CC1)c1cc2cc(Cl)ccc2[nH]1. The van der Waals surface area contributed by atoms with Crippen LogP contribution in [0.15, 0.2) is 48.5 Å². The molecule has 0 saturated carbocycles. The lowest BCUT2D eigenvalue weighted by atomic mass is 10.0. The molecule has 2 amide bonds. The second-order valence-electron chi connectivity index (χ2n) is 7.87. The molecule has 2 heterocycles. The molecule has 1 atom stereocenters. The first-order chi connectivity index (χ1) is 14.9. The van der Waals surface area contributed by atoms with E-state index in [2.05, 4.69) is 10.3 Å². The number of phenols is 1. The first kappa shape index (κ1) is 21.2. The molecule has 4 N–H and O–H groups in total. The maximum absolute atomic E-state index is 13.2. The third-order valence-corrected chi connectivity index (χ3v) is 5.82. The lowest BCUT2D eigenvalue weighted by Gasteiger charge is -2.32. The molecule has 1 aliphatic heterocycles. The summed E-state index contributed by atoms with van der Waals surface area (Å²) < 4.78 is 0. The zero-order valence-electron chi connectivity index (χ0n) is 16.8. The van der Waals surface area contributed by atoms with Crippen LogP contribution in [-0.2, 0) is 11.2 Å². The highest BCUT2D eigenvalue weighted by atomic mass is 35.5. The van der Waals surface area contributed by atoms with Crippen molar-refractivity contribution in [2.24, 2.45) is 0 Å². The highest BCUT2D eigenvalue weighted by Crippen LogP contribution is 2.21. The van der Waals surface area contributed by atoms with Crippen molar-refractivity contribution < 1.29 is 19.8 Å². The Morgan fingerprint density at radius 3 is 2.55 bits per heavy atom. The Kier molecular flexibility index (Phi) is 6.15. The second kappa shape index (κ2) is 8.99. The Morgan fingerprint density at radius 2 is 1.84 bits per heavy atom. The molecule has 4 rings (SSSR count). The number of rotatable bonds is 5. The highest BCUT2D eigenvalue weighted by Gasteiger charge is 2.29. The quantitative estimate of drug-likeness (QED) is 0.488. The van der Waals surface area contributed by atoms with E-state index in [1.54, 1.807) is 53.4 Å². The van der Waals surface area contributed by atoms with E-state index >= 15 is 0 Å². The molecule has 0 radical (unpaired) electrons. The topological polar surface area (TPSA) is 106 Å². The van der Waals surface area contributed by atoms with Gasteiger partial charge in [-0.25, -0.2) is 0 Å². The normalized spacial score (nSPS) is 15.7. The number of hydrogen-bond acceptors (Lipinski definition) is 4. The fourth-order valence-corrected chi connectivity index (χ4v) is 4.02. The van der Waals surface area contributed by atoms with Gasteiger partial charge < -0.3 is 25.4 Å². The van der Waals surface area contributed by atoms with Crippen molar-refractivity contribution in [3.05, 3.63) is 64.8 Å². The lowest BCUT2D eigenvalue weighted by Crippen LogP contribution is -2.52. The molecule has 31 heavy (non-hydrogen) atoms. The number of nitrogens with zero attached hydrogens (tertiary/aromatic N) is 1. The fraction of sp³-hybridized carbons (Fsp3) is 0.304. The highest BCUT2D eigenvalue weighted by molar-refractivity contribution is 6.31. The average Bonchev–Trinajstić information content (AvgIpc) is 3.18. The van der Waals surface area contributed by atoms with Gasteiger partial charge in [0.05, 0.1) is 6.10 Å². The average molecular weight is 442 g/mol. The number of nitrogens with one attached hydrogen (secondary N) is 2. The van der Waals surface area contributed by atoms with Crippen LogP contribution < -0.4 is 5.32 Å². The number of carbonyl (C=O) groups excluding carboxylic acids is 2. The summed E-state index contributed by atoms with van der Waals surface area (Å²) in [6, 6.07) is 12.8. The van der Waals surface area contributed by atoms with Crippen LogP contribution in [0.5, 0.6) is 5.75 Å².